The highest BCUT2D eigenvalue weighted by Gasteiger charge is 2.26. The average molecular weight is 454 g/mol. The van der Waals surface area contributed by atoms with Crippen molar-refractivity contribution in [3.8, 4) is 0 Å². The molecule has 0 aromatic heterocycles. The molecule has 8 nitrogen and oxygen atoms in total. The van der Waals surface area contributed by atoms with Gasteiger partial charge in [-0.05, 0) is 37.1 Å². The van der Waals surface area contributed by atoms with E-state index in [1.807, 2.05) is 54.6 Å². The van der Waals surface area contributed by atoms with Crippen LogP contribution in [0.5, 0.6) is 0 Å². The summed E-state index contributed by atoms with van der Waals surface area (Å²) in [7, 11) is 0. The quantitative estimate of drug-likeness (QED) is 0.619. The fourth-order valence-corrected chi connectivity index (χ4v) is 3.67. The van der Waals surface area contributed by atoms with Crippen molar-refractivity contribution in [2.75, 3.05) is 37.7 Å². The van der Waals surface area contributed by atoms with Crippen LogP contribution in [0, 0.1) is 0 Å². The Bertz CT molecular complexity index is 925. The van der Waals surface area contributed by atoms with Crippen LogP contribution in [0.15, 0.2) is 54.6 Å². The third-order valence-corrected chi connectivity index (χ3v) is 5.46. The van der Waals surface area contributed by atoms with Gasteiger partial charge in [-0.2, -0.15) is 0 Å². The molecular formula is C25H31N3O5. The first-order valence-corrected chi connectivity index (χ1v) is 11.2. The molecule has 1 fully saturated rings. The number of piperazine rings is 1. The molecule has 2 amide bonds. The van der Waals surface area contributed by atoms with Gasteiger partial charge < -0.3 is 24.6 Å². The molecule has 1 heterocycles. The predicted octanol–water partition coefficient (Wildman–Crippen LogP) is 2.76. The summed E-state index contributed by atoms with van der Waals surface area (Å²) in [6.45, 7) is 6.50. The van der Waals surface area contributed by atoms with Crippen LogP contribution >= 0.6 is 0 Å². The van der Waals surface area contributed by atoms with E-state index in [1.54, 1.807) is 18.7 Å². The van der Waals surface area contributed by atoms with Gasteiger partial charge in [0, 0.05) is 31.9 Å². The minimum Gasteiger partial charge on any atom is -0.466 e. The first-order chi connectivity index (χ1) is 16.0. The molecule has 1 aliphatic heterocycles. The van der Waals surface area contributed by atoms with Gasteiger partial charge in [0.15, 0.2) is 0 Å². The molecule has 0 spiro atoms. The molecule has 2 aromatic rings. The molecule has 1 atom stereocenters. The highest BCUT2D eigenvalue weighted by atomic mass is 16.5. The molecule has 3 rings (SSSR count). The summed E-state index contributed by atoms with van der Waals surface area (Å²) in [5.74, 6) is -0.361. The number of rotatable bonds is 8. The number of hydrogen-bond acceptors (Lipinski definition) is 6. The third-order valence-electron chi connectivity index (χ3n) is 5.46. The van der Waals surface area contributed by atoms with Crippen LogP contribution < -0.4 is 10.2 Å². The van der Waals surface area contributed by atoms with E-state index in [0.717, 1.165) is 16.8 Å². The smallest absolute Gasteiger partial charge is 0.408 e. The van der Waals surface area contributed by atoms with Gasteiger partial charge in [0.1, 0.15) is 12.6 Å². The summed E-state index contributed by atoms with van der Waals surface area (Å²) in [6.07, 6.45) is -0.351. The van der Waals surface area contributed by atoms with Gasteiger partial charge in [0.05, 0.1) is 13.0 Å². The largest absolute Gasteiger partial charge is 0.466 e. The first kappa shape index (κ1) is 24.1. The lowest BCUT2D eigenvalue weighted by Gasteiger charge is -2.37. The van der Waals surface area contributed by atoms with Crippen molar-refractivity contribution in [2.24, 2.45) is 0 Å². The number of anilines is 1. The number of esters is 1. The number of benzene rings is 2. The molecule has 8 heteroatoms. The number of alkyl carbamates (subject to hydrolysis) is 1. The van der Waals surface area contributed by atoms with Gasteiger partial charge in [-0.1, -0.05) is 42.5 Å². The fourth-order valence-electron chi connectivity index (χ4n) is 3.67. The molecule has 33 heavy (non-hydrogen) atoms. The van der Waals surface area contributed by atoms with Crippen molar-refractivity contribution in [3.05, 3.63) is 65.7 Å². The van der Waals surface area contributed by atoms with E-state index in [4.69, 9.17) is 9.47 Å². The van der Waals surface area contributed by atoms with Gasteiger partial charge in [0.2, 0.25) is 5.91 Å². The Labute approximate surface area is 194 Å². The second-order valence-corrected chi connectivity index (χ2v) is 7.89. The Balaban J connectivity index is 1.42. The van der Waals surface area contributed by atoms with Crippen molar-refractivity contribution in [2.45, 2.75) is 32.9 Å². The number of carbonyl (C=O) groups excluding carboxylic acids is 3. The van der Waals surface area contributed by atoms with Crippen LogP contribution in [0.2, 0.25) is 0 Å². The number of amides is 2. The van der Waals surface area contributed by atoms with E-state index in [-0.39, 0.29) is 24.9 Å². The van der Waals surface area contributed by atoms with E-state index >= 15 is 0 Å². The second-order valence-electron chi connectivity index (χ2n) is 7.89. The molecule has 0 unspecified atom stereocenters. The van der Waals surface area contributed by atoms with E-state index in [0.29, 0.717) is 32.8 Å². The van der Waals surface area contributed by atoms with Gasteiger partial charge >= 0.3 is 12.1 Å². The van der Waals surface area contributed by atoms with Crippen molar-refractivity contribution in [3.63, 3.8) is 0 Å². The van der Waals surface area contributed by atoms with Crippen molar-refractivity contribution in [1.82, 2.24) is 10.2 Å². The number of carbonyl (C=O) groups is 3. The minimum absolute atomic E-state index is 0.129. The minimum atomic E-state index is -0.665. The summed E-state index contributed by atoms with van der Waals surface area (Å²) >= 11 is 0. The number of hydrogen-bond donors (Lipinski definition) is 1. The fraction of sp³-hybridized carbons (Fsp3) is 0.400. The first-order valence-electron chi connectivity index (χ1n) is 11.2. The topological polar surface area (TPSA) is 88.2 Å². The van der Waals surface area contributed by atoms with Gasteiger partial charge in [-0.25, -0.2) is 4.79 Å². The summed E-state index contributed by atoms with van der Waals surface area (Å²) in [4.78, 5) is 40.4. The van der Waals surface area contributed by atoms with Crippen LogP contribution in [0.1, 0.15) is 25.0 Å². The Morgan fingerprint density at radius 1 is 0.909 bits per heavy atom. The third kappa shape index (κ3) is 7.24. The highest BCUT2D eigenvalue weighted by molar-refractivity contribution is 5.85. The summed E-state index contributed by atoms with van der Waals surface area (Å²) in [6, 6.07) is 16.5. The lowest BCUT2D eigenvalue weighted by molar-refractivity contribution is -0.142. The van der Waals surface area contributed by atoms with Crippen LogP contribution in [0.25, 0.3) is 0 Å². The molecule has 2 aromatic carbocycles. The number of nitrogens with zero attached hydrogens (tertiary/aromatic N) is 2. The molecule has 1 aliphatic rings. The predicted molar refractivity (Wildman–Crippen MR) is 125 cm³/mol. The van der Waals surface area contributed by atoms with Crippen molar-refractivity contribution in [1.29, 1.82) is 0 Å². The summed E-state index contributed by atoms with van der Waals surface area (Å²) in [5, 5.41) is 2.62. The molecule has 0 bridgehead atoms. The number of ether oxygens (including phenoxy) is 2. The van der Waals surface area contributed by atoms with Crippen LogP contribution in [0.4, 0.5) is 10.5 Å². The Hall–Kier alpha value is -3.55. The normalized spacial score (nSPS) is 14.4. The van der Waals surface area contributed by atoms with Crippen LogP contribution in [-0.4, -0.2) is 61.7 Å². The van der Waals surface area contributed by atoms with E-state index in [1.165, 1.54) is 0 Å². The molecule has 0 radical (unpaired) electrons. The maximum Gasteiger partial charge on any atom is 0.408 e. The van der Waals surface area contributed by atoms with Gasteiger partial charge in [-0.15, -0.1) is 0 Å². The molecule has 176 valence electrons. The monoisotopic (exact) mass is 453 g/mol. The standard InChI is InChI=1S/C25H31N3O5/c1-3-32-23(29)17-20-9-11-22(12-10-20)27-13-15-28(16-14-27)24(30)19(2)26-25(31)33-18-21-7-5-4-6-8-21/h4-12,19H,3,13-18H2,1-2H3,(H,26,31)/t19-/m1/s1. The lowest BCUT2D eigenvalue weighted by atomic mass is 10.1. The maximum absolute atomic E-state index is 12.7. The molecular weight excluding hydrogens is 422 g/mol. The zero-order valence-electron chi connectivity index (χ0n) is 19.2. The Kier molecular flexibility index (Phi) is 8.69. The summed E-state index contributed by atoms with van der Waals surface area (Å²) < 4.78 is 10.2. The zero-order valence-corrected chi connectivity index (χ0v) is 19.2. The molecule has 1 saturated heterocycles. The van der Waals surface area contributed by atoms with Crippen LogP contribution in [-0.2, 0) is 32.1 Å². The molecule has 1 N–H and O–H groups in total. The molecule has 0 aliphatic carbocycles. The highest BCUT2D eigenvalue weighted by Crippen LogP contribution is 2.18. The Morgan fingerprint density at radius 3 is 2.21 bits per heavy atom. The Morgan fingerprint density at radius 2 is 1.58 bits per heavy atom. The second kappa shape index (κ2) is 11.9. The van der Waals surface area contributed by atoms with Crippen LogP contribution in [0.3, 0.4) is 0 Å². The van der Waals surface area contributed by atoms with Crippen molar-refractivity contribution >= 4 is 23.7 Å². The summed E-state index contributed by atoms with van der Waals surface area (Å²) in [5.41, 5.74) is 2.84. The van der Waals surface area contributed by atoms with Crippen molar-refractivity contribution < 1.29 is 23.9 Å². The SMILES string of the molecule is CCOC(=O)Cc1ccc(N2CCN(C(=O)[C@@H](C)NC(=O)OCc3ccccc3)CC2)cc1. The number of nitrogens with one attached hydrogen (secondary N) is 1. The average Bonchev–Trinajstić information content (AvgIpc) is 2.83. The van der Waals surface area contributed by atoms with E-state index in [2.05, 4.69) is 10.2 Å². The maximum atomic E-state index is 12.7. The van der Waals surface area contributed by atoms with Gasteiger partial charge in [-0.3, -0.25) is 9.59 Å². The molecule has 0 saturated carbocycles. The van der Waals surface area contributed by atoms with E-state index in [9.17, 15) is 14.4 Å². The van der Waals surface area contributed by atoms with E-state index < -0.39 is 12.1 Å². The lowest BCUT2D eigenvalue weighted by Crippen LogP contribution is -2.54. The zero-order chi connectivity index (χ0) is 23.6. The van der Waals surface area contributed by atoms with Gasteiger partial charge in [0.25, 0.3) is 0 Å².